The van der Waals surface area contributed by atoms with Gasteiger partial charge in [0, 0.05) is 37.9 Å². The second-order valence-electron chi connectivity index (χ2n) is 15.0. The van der Waals surface area contributed by atoms with E-state index in [1.165, 1.54) is 9.80 Å². The van der Waals surface area contributed by atoms with Crippen LogP contribution in [-0.2, 0) is 35.5 Å². The van der Waals surface area contributed by atoms with E-state index in [2.05, 4.69) is 31.2 Å². The average molecular weight is 771 g/mol. The third-order valence-corrected chi connectivity index (χ3v) is 9.72. The first kappa shape index (κ1) is 43.1. The normalized spacial score (nSPS) is 14.5. The van der Waals surface area contributed by atoms with Gasteiger partial charge in [-0.15, -0.1) is 0 Å². The maximum atomic E-state index is 14.0. The van der Waals surface area contributed by atoms with Crippen molar-refractivity contribution in [3.05, 3.63) is 120 Å². The highest BCUT2D eigenvalue weighted by atomic mass is 16.3. The van der Waals surface area contributed by atoms with Crippen molar-refractivity contribution in [3.63, 3.8) is 0 Å². The number of urea groups is 2. The number of aromatic amines is 2. The zero-order chi connectivity index (χ0) is 40.8. The molecule has 14 heteroatoms. The molecule has 4 rings (SSSR count). The molecule has 0 fully saturated rings. The van der Waals surface area contributed by atoms with Gasteiger partial charge in [0.2, 0.25) is 11.8 Å². The molecular formula is C42H58N8O6. The molecule has 4 aromatic rings. The molecule has 0 radical (unpaired) electrons. The van der Waals surface area contributed by atoms with Crippen molar-refractivity contribution in [2.75, 3.05) is 14.1 Å². The number of nitrogens with zero attached hydrogens (tertiary/aromatic N) is 2. The summed E-state index contributed by atoms with van der Waals surface area (Å²) in [5.41, 5.74) is 3.23. The Balaban J connectivity index is 1.56. The number of carbonyl (C=O) groups excluding carboxylic acids is 4. The smallest absolute Gasteiger partial charge is 0.318 e. The van der Waals surface area contributed by atoms with Gasteiger partial charge in [0.15, 0.2) is 0 Å². The van der Waals surface area contributed by atoms with E-state index in [0.29, 0.717) is 13.1 Å². The maximum absolute atomic E-state index is 14.0. The molecule has 0 aliphatic carbocycles. The summed E-state index contributed by atoms with van der Waals surface area (Å²) in [6, 6.07) is 20.9. The zero-order valence-corrected chi connectivity index (χ0v) is 33.1. The van der Waals surface area contributed by atoms with Gasteiger partial charge in [-0.3, -0.25) is 9.59 Å². The number of hydrogen-bond acceptors (Lipinski definition) is 6. The van der Waals surface area contributed by atoms with Crippen molar-refractivity contribution in [3.8, 4) is 0 Å². The highest BCUT2D eigenvalue weighted by molar-refractivity contribution is 5.88. The van der Waals surface area contributed by atoms with E-state index < -0.39 is 60.3 Å². The minimum atomic E-state index is -1.58. The Morgan fingerprint density at radius 3 is 1.21 bits per heavy atom. The van der Waals surface area contributed by atoms with Crippen molar-refractivity contribution >= 4 is 23.9 Å². The molecular weight excluding hydrogens is 713 g/mol. The molecule has 2 aromatic heterocycles. The van der Waals surface area contributed by atoms with Crippen LogP contribution in [0.1, 0.15) is 50.2 Å². The average Bonchev–Trinajstić information content (AvgIpc) is 3.90. The lowest BCUT2D eigenvalue weighted by molar-refractivity contribution is -0.129. The van der Waals surface area contributed by atoms with Crippen LogP contribution in [0, 0.1) is 11.8 Å². The van der Waals surface area contributed by atoms with Crippen LogP contribution in [0.15, 0.2) is 97.3 Å². The Hall–Kier alpha value is -5.60. The number of hydrogen-bond donors (Lipinski definition) is 8. The van der Waals surface area contributed by atoms with Gasteiger partial charge in [-0.1, -0.05) is 88.4 Å². The van der Waals surface area contributed by atoms with Crippen LogP contribution in [0.25, 0.3) is 0 Å². The summed E-state index contributed by atoms with van der Waals surface area (Å²) >= 11 is 0. The summed E-state index contributed by atoms with van der Waals surface area (Å²) in [5.74, 6) is -1.73. The van der Waals surface area contributed by atoms with Gasteiger partial charge in [0.05, 0.1) is 25.2 Å². The van der Waals surface area contributed by atoms with Crippen LogP contribution in [0.2, 0.25) is 0 Å². The molecule has 2 aromatic carbocycles. The first-order chi connectivity index (χ1) is 26.7. The minimum absolute atomic E-state index is 0.139. The summed E-state index contributed by atoms with van der Waals surface area (Å²) in [5, 5.41) is 35.4. The van der Waals surface area contributed by atoms with Crippen molar-refractivity contribution in [1.82, 2.24) is 41.0 Å². The van der Waals surface area contributed by atoms with E-state index in [1.54, 1.807) is 54.2 Å². The van der Waals surface area contributed by atoms with Gasteiger partial charge >= 0.3 is 12.1 Å². The van der Waals surface area contributed by atoms with Gasteiger partial charge in [-0.05, 0) is 60.1 Å². The van der Waals surface area contributed by atoms with E-state index in [9.17, 15) is 29.4 Å². The van der Waals surface area contributed by atoms with E-state index in [-0.39, 0.29) is 24.7 Å². The van der Waals surface area contributed by atoms with Crippen LogP contribution in [0.4, 0.5) is 9.59 Å². The van der Waals surface area contributed by atoms with Crippen LogP contribution < -0.4 is 21.3 Å². The number of carbonyl (C=O) groups is 4. The number of H-pyrrole nitrogens is 2. The molecule has 0 saturated heterocycles. The molecule has 0 unspecified atom stereocenters. The number of rotatable bonds is 19. The molecule has 2 heterocycles. The summed E-state index contributed by atoms with van der Waals surface area (Å²) in [6.07, 6.45) is 0.652. The molecule has 0 saturated carbocycles. The lowest BCUT2D eigenvalue weighted by atomic mass is 9.90. The minimum Gasteiger partial charge on any atom is -0.388 e. The summed E-state index contributed by atoms with van der Waals surface area (Å²) in [6.45, 7) is 7.82. The van der Waals surface area contributed by atoms with Crippen molar-refractivity contribution in [2.24, 2.45) is 11.8 Å². The predicted octanol–water partition coefficient (Wildman–Crippen LogP) is 3.55. The molecule has 302 valence electrons. The summed E-state index contributed by atoms with van der Waals surface area (Å²) < 4.78 is 0. The van der Waals surface area contributed by atoms with E-state index in [4.69, 9.17) is 0 Å². The number of nitrogens with one attached hydrogen (secondary N) is 6. The standard InChI is InChI=1S/C42H58N8O6/c1-27(2)35(47-41(55)49(5)25-31-19-13-21-43-31)39(53)45-33(23-29-15-9-7-10-16-29)37(51)38(52)34(24-30-17-11-8-12-18-30)46-40(54)36(28(3)4)48-42(56)50(6)26-32-20-14-22-44-32/h7-22,27-28,33-38,43-44,51-52H,23-26H2,1-6H3,(H,45,53)(H,46,54)(H,47,55)(H,48,56)/t33-,34-,35-,36-,37-,38+/m0/s1. The van der Waals surface area contributed by atoms with Crippen molar-refractivity contribution in [2.45, 2.75) is 90.0 Å². The third-order valence-electron chi connectivity index (χ3n) is 9.72. The Bertz CT molecular complexity index is 1650. The predicted molar refractivity (Wildman–Crippen MR) is 215 cm³/mol. The first-order valence-electron chi connectivity index (χ1n) is 19.1. The molecule has 56 heavy (non-hydrogen) atoms. The number of amides is 6. The fraction of sp³-hybridized carbons (Fsp3) is 0.429. The number of aliphatic hydroxyl groups is 2. The van der Waals surface area contributed by atoms with Gasteiger partial charge in [-0.25, -0.2) is 9.59 Å². The lowest BCUT2D eigenvalue weighted by Crippen LogP contribution is -2.62. The number of aromatic nitrogens is 2. The first-order valence-corrected chi connectivity index (χ1v) is 19.1. The van der Waals surface area contributed by atoms with Crippen LogP contribution >= 0.6 is 0 Å². The number of aliphatic hydroxyl groups excluding tert-OH is 2. The largest absolute Gasteiger partial charge is 0.388 e. The van der Waals surface area contributed by atoms with Crippen molar-refractivity contribution < 1.29 is 29.4 Å². The summed E-state index contributed by atoms with van der Waals surface area (Å²) in [4.78, 5) is 63.4. The van der Waals surface area contributed by atoms with Gasteiger partial charge < -0.3 is 51.2 Å². The van der Waals surface area contributed by atoms with Crippen LogP contribution in [0.3, 0.4) is 0 Å². The summed E-state index contributed by atoms with van der Waals surface area (Å²) in [7, 11) is 3.25. The van der Waals surface area contributed by atoms with E-state index >= 15 is 0 Å². The van der Waals surface area contributed by atoms with Gasteiger partial charge in [0.25, 0.3) is 0 Å². The van der Waals surface area contributed by atoms with E-state index in [1.807, 2.05) is 84.9 Å². The zero-order valence-electron chi connectivity index (χ0n) is 33.1. The van der Waals surface area contributed by atoms with Gasteiger partial charge in [0.1, 0.15) is 24.3 Å². The molecule has 6 amide bonds. The molecule has 0 bridgehead atoms. The second-order valence-corrected chi connectivity index (χ2v) is 15.0. The van der Waals surface area contributed by atoms with Gasteiger partial charge in [-0.2, -0.15) is 0 Å². The van der Waals surface area contributed by atoms with Crippen LogP contribution in [0.5, 0.6) is 0 Å². The quantitative estimate of drug-likeness (QED) is 0.0719. The Morgan fingerprint density at radius 1 is 0.554 bits per heavy atom. The number of benzene rings is 2. The Morgan fingerprint density at radius 2 is 0.911 bits per heavy atom. The van der Waals surface area contributed by atoms with Crippen LogP contribution in [-0.4, -0.2) is 104 Å². The topological polar surface area (TPSA) is 195 Å². The molecule has 0 aliphatic rings. The lowest BCUT2D eigenvalue weighted by Gasteiger charge is -2.35. The maximum Gasteiger partial charge on any atom is 0.318 e. The molecule has 8 N–H and O–H groups in total. The fourth-order valence-electron chi connectivity index (χ4n) is 6.41. The van der Waals surface area contributed by atoms with E-state index in [0.717, 1.165) is 22.5 Å². The molecule has 0 aliphatic heterocycles. The highest BCUT2D eigenvalue weighted by Gasteiger charge is 2.38. The fourth-order valence-corrected chi connectivity index (χ4v) is 6.41. The van der Waals surface area contributed by atoms with Crippen molar-refractivity contribution in [1.29, 1.82) is 0 Å². The molecule has 14 nitrogen and oxygen atoms in total. The molecule has 0 spiro atoms. The second kappa shape index (κ2) is 20.9. The third kappa shape index (κ3) is 12.7. The monoisotopic (exact) mass is 770 g/mol. The molecule has 6 atom stereocenters. The highest BCUT2D eigenvalue weighted by Crippen LogP contribution is 2.17. The Kier molecular flexibility index (Phi) is 16.1. The Labute approximate surface area is 329 Å². The SMILES string of the molecule is CC(C)[C@H](NC(=O)N(C)Cc1ccc[nH]1)C(=O)N[C@@H](Cc1ccccc1)[C@H](O)[C@H](O)[C@H](Cc1ccccc1)NC(=O)[C@@H](NC(=O)N(C)Cc1ccc[nH]1)C(C)C.